The third kappa shape index (κ3) is 2.17. The Morgan fingerprint density at radius 3 is 2.59 bits per heavy atom. The standard InChI is InChI=1S/C10H13N5O2/c1-2-6-9(11)12-5-13-10(6)15-3-7(16)14-8(17)4-15/h5H,2-4H2,1H3,(H2,11,12,13)(H,14,16,17). The van der Waals surface area contributed by atoms with Crippen molar-refractivity contribution >= 4 is 23.5 Å². The summed E-state index contributed by atoms with van der Waals surface area (Å²) in [4.78, 5) is 32.2. The quantitative estimate of drug-likeness (QED) is 0.643. The molecular weight excluding hydrogens is 222 g/mol. The smallest absolute Gasteiger partial charge is 0.246 e. The maximum atomic E-state index is 11.3. The maximum absolute atomic E-state index is 11.3. The number of hydrogen-bond acceptors (Lipinski definition) is 6. The molecule has 2 rings (SSSR count). The van der Waals surface area contributed by atoms with Crippen LogP contribution in [0.2, 0.25) is 0 Å². The predicted octanol–water partition coefficient (Wildman–Crippen LogP) is -0.916. The Hall–Kier alpha value is -2.18. The molecule has 0 bridgehead atoms. The Kier molecular flexibility index (Phi) is 2.90. The molecule has 1 saturated heterocycles. The summed E-state index contributed by atoms with van der Waals surface area (Å²) in [6.45, 7) is 2.13. The largest absolute Gasteiger partial charge is 0.383 e. The highest BCUT2D eigenvalue weighted by molar-refractivity contribution is 6.02. The maximum Gasteiger partial charge on any atom is 0.246 e. The van der Waals surface area contributed by atoms with Crippen molar-refractivity contribution in [2.75, 3.05) is 23.7 Å². The number of carbonyl (C=O) groups excluding carboxylic acids is 2. The van der Waals surface area contributed by atoms with E-state index in [1.807, 2.05) is 6.92 Å². The van der Waals surface area contributed by atoms with Crippen molar-refractivity contribution in [3.63, 3.8) is 0 Å². The number of carbonyl (C=O) groups is 2. The van der Waals surface area contributed by atoms with Crippen molar-refractivity contribution in [1.29, 1.82) is 0 Å². The average molecular weight is 235 g/mol. The van der Waals surface area contributed by atoms with Gasteiger partial charge in [-0.3, -0.25) is 14.9 Å². The molecule has 17 heavy (non-hydrogen) atoms. The molecule has 0 aromatic carbocycles. The second-order valence-corrected chi connectivity index (χ2v) is 3.74. The summed E-state index contributed by atoms with van der Waals surface area (Å²) < 4.78 is 0. The minimum atomic E-state index is -0.333. The number of amides is 2. The minimum absolute atomic E-state index is 0.106. The number of nitrogens with one attached hydrogen (secondary N) is 1. The molecule has 0 spiro atoms. The summed E-state index contributed by atoms with van der Waals surface area (Å²) in [5.41, 5.74) is 6.50. The van der Waals surface area contributed by atoms with Gasteiger partial charge in [0.2, 0.25) is 11.8 Å². The van der Waals surface area contributed by atoms with Crippen LogP contribution in [0.1, 0.15) is 12.5 Å². The molecule has 0 atom stereocenters. The third-order valence-corrected chi connectivity index (χ3v) is 2.56. The van der Waals surface area contributed by atoms with Gasteiger partial charge in [0, 0.05) is 5.56 Å². The first-order valence-electron chi connectivity index (χ1n) is 5.28. The molecule has 1 aliphatic rings. The molecule has 1 aliphatic heterocycles. The Labute approximate surface area is 98.0 Å². The van der Waals surface area contributed by atoms with E-state index in [0.717, 1.165) is 5.56 Å². The van der Waals surface area contributed by atoms with E-state index in [1.54, 1.807) is 4.90 Å². The van der Waals surface area contributed by atoms with Crippen molar-refractivity contribution in [1.82, 2.24) is 15.3 Å². The second-order valence-electron chi connectivity index (χ2n) is 3.74. The zero-order valence-electron chi connectivity index (χ0n) is 9.43. The molecule has 7 heteroatoms. The van der Waals surface area contributed by atoms with Crippen LogP contribution >= 0.6 is 0 Å². The van der Waals surface area contributed by atoms with Crippen molar-refractivity contribution in [3.8, 4) is 0 Å². The lowest BCUT2D eigenvalue weighted by molar-refractivity contribution is -0.130. The van der Waals surface area contributed by atoms with Crippen molar-refractivity contribution in [3.05, 3.63) is 11.9 Å². The minimum Gasteiger partial charge on any atom is -0.383 e. The average Bonchev–Trinajstić information content (AvgIpc) is 2.27. The number of rotatable bonds is 2. The number of aromatic nitrogens is 2. The molecule has 2 heterocycles. The Morgan fingerprint density at radius 1 is 1.35 bits per heavy atom. The number of nitrogens with two attached hydrogens (primary N) is 1. The van der Waals surface area contributed by atoms with Gasteiger partial charge in [0.25, 0.3) is 0 Å². The van der Waals surface area contributed by atoms with Gasteiger partial charge in [-0.1, -0.05) is 6.92 Å². The van der Waals surface area contributed by atoms with Crippen LogP contribution in [0.4, 0.5) is 11.6 Å². The molecule has 0 radical (unpaired) electrons. The van der Waals surface area contributed by atoms with Gasteiger partial charge in [0.15, 0.2) is 0 Å². The summed E-state index contributed by atoms with van der Waals surface area (Å²) in [7, 11) is 0. The SMILES string of the molecule is CCc1c(N)ncnc1N1CC(=O)NC(=O)C1. The predicted molar refractivity (Wildman–Crippen MR) is 61.2 cm³/mol. The molecule has 1 aromatic heterocycles. The highest BCUT2D eigenvalue weighted by atomic mass is 16.2. The van der Waals surface area contributed by atoms with E-state index in [2.05, 4.69) is 15.3 Å². The van der Waals surface area contributed by atoms with Crippen molar-refractivity contribution < 1.29 is 9.59 Å². The lowest BCUT2D eigenvalue weighted by Gasteiger charge is -2.28. The molecule has 1 fully saturated rings. The molecule has 3 N–H and O–H groups in total. The van der Waals surface area contributed by atoms with Crippen LogP contribution in [0.25, 0.3) is 0 Å². The fourth-order valence-corrected chi connectivity index (χ4v) is 1.81. The molecule has 7 nitrogen and oxygen atoms in total. The first kappa shape index (κ1) is 11.3. The number of hydrogen-bond donors (Lipinski definition) is 2. The number of imide groups is 1. The van der Waals surface area contributed by atoms with E-state index < -0.39 is 0 Å². The summed E-state index contributed by atoms with van der Waals surface area (Å²) in [5.74, 6) is 0.278. The Balaban J connectivity index is 2.36. The normalized spacial score (nSPS) is 15.9. The van der Waals surface area contributed by atoms with Crippen molar-refractivity contribution in [2.45, 2.75) is 13.3 Å². The van der Waals surface area contributed by atoms with Crippen LogP contribution in [0, 0.1) is 0 Å². The second kappa shape index (κ2) is 4.36. The molecular formula is C10H13N5O2. The third-order valence-electron chi connectivity index (χ3n) is 2.56. The Bertz CT molecular complexity index is 458. The first-order valence-corrected chi connectivity index (χ1v) is 5.28. The van der Waals surface area contributed by atoms with Crippen LogP contribution in [-0.4, -0.2) is 34.9 Å². The molecule has 0 unspecified atom stereocenters. The monoisotopic (exact) mass is 235 g/mol. The Morgan fingerprint density at radius 2 is 2.00 bits per heavy atom. The van der Waals surface area contributed by atoms with Crippen LogP contribution in [0.15, 0.2) is 6.33 Å². The molecule has 0 saturated carbocycles. The highest BCUT2D eigenvalue weighted by Gasteiger charge is 2.25. The van der Waals surface area contributed by atoms with Crippen LogP contribution in [0.3, 0.4) is 0 Å². The van der Waals surface area contributed by atoms with Crippen molar-refractivity contribution in [2.24, 2.45) is 0 Å². The fourth-order valence-electron chi connectivity index (χ4n) is 1.81. The summed E-state index contributed by atoms with van der Waals surface area (Å²) in [6, 6.07) is 0. The number of nitrogen functional groups attached to an aromatic ring is 1. The van der Waals surface area contributed by atoms with Gasteiger partial charge in [0.1, 0.15) is 18.0 Å². The number of piperazine rings is 1. The zero-order valence-corrected chi connectivity index (χ0v) is 9.43. The van der Waals surface area contributed by atoms with E-state index >= 15 is 0 Å². The summed E-state index contributed by atoms with van der Waals surface area (Å²) in [5, 5.41) is 2.24. The fraction of sp³-hybridized carbons (Fsp3) is 0.400. The molecule has 1 aromatic rings. The van der Waals surface area contributed by atoms with Crippen LogP contribution in [-0.2, 0) is 16.0 Å². The van der Waals surface area contributed by atoms with Crippen LogP contribution < -0.4 is 16.0 Å². The topological polar surface area (TPSA) is 101 Å². The lowest BCUT2D eigenvalue weighted by atomic mass is 10.2. The van der Waals surface area contributed by atoms with E-state index in [1.165, 1.54) is 6.33 Å². The van der Waals surface area contributed by atoms with E-state index in [0.29, 0.717) is 18.1 Å². The van der Waals surface area contributed by atoms with Gasteiger partial charge in [-0.2, -0.15) is 0 Å². The molecule has 2 amide bonds. The highest BCUT2D eigenvalue weighted by Crippen LogP contribution is 2.22. The van der Waals surface area contributed by atoms with Gasteiger partial charge < -0.3 is 10.6 Å². The van der Waals surface area contributed by atoms with Crippen LogP contribution in [0.5, 0.6) is 0 Å². The zero-order chi connectivity index (χ0) is 12.4. The molecule has 0 aliphatic carbocycles. The van der Waals surface area contributed by atoms with Gasteiger partial charge in [-0.05, 0) is 6.42 Å². The number of nitrogens with zero attached hydrogens (tertiary/aromatic N) is 3. The summed E-state index contributed by atoms with van der Waals surface area (Å²) >= 11 is 0. The van der Waals surface area contributed by atoms with Gasteiger partial charge in [-0.25, -0.2) is 9.97 Å². The lowest BCUT2D eigenvalue weighted by Crippen LogP contribution is -2.52. The summed E-state index contributed by atoms with van der Waals surface area (Å²) in [6.07, 6.45) is 1.98. The van der Waals surface area contributed by atoms with E-state index in [9.17, 15) is 9.59 Å². The first-order chi connectivity index (χ1) is 8.11. The van der Waals surface area contributed by atoms with E-state index in [-0.39, 0.29) is 24.9 Å². The van der Waals surface area contributed by atoms with Gasteiger partial charge in [-0.15, -0.1) is 0 Å². The van der Waals surface area contributed by atoms with E-state index in [4.69, 9.17) is 5.73 Å². The number of anilines is 2. The van der Waals surface area contributed by atoms with Gasteiger partial charge in [0.05, 0.1) is 13.1 Å². The molecule has 90 valence electrons. The van der Waals surface area contributed by atoms with Gasteiger partial charge >= 0.3 is 0 Å².